The summed E-state index contributed by atoms with van der Waals surface area (Å²) < 4.78 is 0. The maximum Gasteiger partial charge on any atom is 0.246 e. The lowest BCUT2D eigenvalue weighted by Gasteiger charge is -2.34. The standard InChI is InChI=1S/C19H32N2.BrH/c1-2-5-14(6-3-1)13-16-7-4-8-18(16)21-19-15-9-11-17(20-19)12-10-15;/h14-18H,1-13H2,(H,20,21);1H/t15?,16-,17?,18-;/m0./s1. The predicted octanol–water partition coefficient (Wildman–Crippen LogP) is -0.229. The highest BCUT2D eigenvalue weighted by molar-refractivity contribution is 5.81. The van der Waals surface area contributed by atoms with Crippen LogP contribution in [0.4, 0.5) is 0 Å². The molecule has 3 heteroatoms. The van der Waals surface area contributed by atoms with Gasteiger partial charge in [-0.1, -0.05) is 32.1 Å². The lowest BCUT2D eigenvalue weighted by molar-refractivity contribution is -0.516. The van der Waals surface area contributed by atoms with Gasteiger partial charge in [0, 0.05) is 0 Å². The number of amidine groups is 1. The van der Waals surface area contributed by atoms with E-state index in [0.717, 1.165) is 29.8 Å². The SMILES string of the molecule is C1CCC(C[C@@H]2CCC[C@@H]2[NH+]=C2NC3CCC2CC3)CC1.[Br-]. The Balaban J connectivity index is 0.00000144. The normalized spacial score (nSPS) is 40.5. The van der Waals surface area contributed by atoms with Crippen molar-refractivity contribution in [3.63, 3.8) is 0 Å². The van der Waals surface area contributed by atoms with Crippen LogP contribution in [0.2, 0.25) is 0 Å². The van der Waals surface area contributed by atoms with Crippen molar-refractivity contribution in [2.24, 2.45) is 17.8 Å². The molecular weight excluding hydrogens is 336 g/mol. The molecule has 2 N–H and O–H groups in total. The summed E-state index contributed by atoms with van der Waals surface area (Å²) in [6.07, 6.45) is 19.1. The van der Waals surface area contributed by atoms with Crippen LogP contribution < -0.4 is 27.3 Å². The van der Waals surface area contributed by atoms with E-state index in [-0.39, 0.29) is 17.0 Å². The van der Waals surface area contributed by atoms with Crippen LogP contribution in [0.3, 0.4) is 0 Å². The monoisotopic (exact) mass is 368 g/mol. The molecule has 0 unspecified atom stereocenters. The Bertz CT molecular complexity index is 381. The first-order chi connectivity index (χ1) is 10.4. The minimum Gasteiger partial charge on any atom is -1.00 e. The quantitative estimate of drug-likeness (QED) is 0.707. The highest BCUT2D eigenvalue weighted by Gasteiger charge is 2.39. The van der Waals surface area contributed by atoms with Crippen LogP contribution in [0.1, 0.15) is 83.5 Å². The van der Waals surface area contributed by atoms with E-state index in [1.165, 1.54) is 89.3 Å². The van der Waals surface area contributed by atoms with E-state index in [9.17, 15) is 0 Å². The maximum atomic E-state index is 3.99. The van der Waals surface area contributed by atoms with Gasteiger partial charge in [-0.05, 0) is 63.2 Å². The van der Waals surface area contributed by atoms with Crippen molar-refractivity contribution in [2.45, 2.75) is 95.6 Å². The molecule has 3 saturated carbocycles. The van der Waals surface area contributed by atoms with E-state index in [4.69, 9.17) is 0 Å². The second-order valence-corrected chi connectivity index (χ2v) is 8.29. The Labute approximate surface area is 146 Å². The summed E-state index contributed by atoms with van der Waals surface area (Å²) in [6.45, 7) is 0. The van der Waals surface area contributed by atoms with E-state index < -0.39 is 0 Å². The van der Waals surface area contributed by atoms with Crippen LogP contribution in [0.15, 0.2) is 0 Å². The molecule has 2 aliphatic heterocycles. The molecule has 2 heterocycles. The summed E-state index contributed by atoms with van der Waals surface area (Å²) in [4.78, 5) is 3.99. The lowest BCUT2D eigenvalue weighted by atomic mass is 9.80. The van der Waals surface area contributed by atoms with Gasteiger partial charge in [0.05, 0.1) is 18.0 Å². The van der Waals surface area contributed by atoms with E-state index in [0.29, 0.717) is 0 Å². The van der Waals surface area contributed by atoms with E-state index in [1.807, 2.05) is 0 Å². The first-order valence-corrected chi connectivity index (χ1v) is 9.78. The van der Waals surface area contributed by atoms with Crippen LogP contribution >= 0.6 is 0 Å². The van der Waals surface area contributed by atoms with Gasteiger partial charge in [-0.2, -0.15) is 0 Å². The predicted molar refractivity (Wildman–Crippen MR) is 87.2 cm³/mol. The van der Waals surface area contributed by atoms with E-state index >= 15 is 0 Å². The number of halogens is 1. The number of fused-ring (bicyclic) bond motifs is 3. The van der Waals surface area contributed by atoms with Crippen molar-refractivity contribution in [1.82, 2.24) is 5.32 Å². The maximum absolute atomic E-state index is 3.99. The fraction of sp³-hybridized carbons (Fsp3) is 0.947. The minimum absolute atomic E-state index is 0. The Morgan fingerprint density at radius 2 is 1.59 bits per heavy atom. The first kappa shape index (κ1) is 16.8. The fourth-order valence-electron chi connectivity index (χ4n) is 5.58. The largest absolute Gasteiger partial charge is 1.00 e. The van der Waals surface area contributed by atoms with Crippen LogP contribution in [0.5, 0.6) is 0 Å². The molecule has 2 atom stereocenters. The number of hydrogen-bond donors (Lipinski definition) is 2. The summed E-state index contributed by atoms with van der Waals surface area (Å²) in [5, 5.41) is 3.81. The van der Waals surface area contributed by atoms with Gasteiger partial charge in [0.2, 0.25) is 5.84 Å². The topological polar surface area (TPSA) is 26.0 Å². The van der Waals surface area contributed by atoms with Gasteiger partial charge < -0.3 is 17.0 Å². The second-order valence-electron chi connectivity index (χ2n) is 8.29. The van der Waals surface area contributed by atoms with Gasteiger partial charge in [-0.15, -0.1) is 0 Å². The van der Waals surface area contributed by atoms with Crippen molar-refractivity contribution in [3.05, 3.63) is 0 Å². The summed E-state index contributed by atoms with van der Waals surface area (Å²) in [5.74, 6) is 4.39. The zero-order valence-corrected chi connectivity index (χ0v) is 15.5. The molecule has 0 spiro atoms. The molecule has 0 aromatic carbocycles. The third kappa shape index (κ3) is 3.71. The first-order valence-electron chi connectivity index (χ1n) is 9.78. The molecule has 0 aromatic heterocycles. The third-order valence-electron chi connectivity index (χ3n) is 6.86. The molecule has 2 bridgehead atoms. The van der Waals surface area contributed by atoms with Crippen molar-refractivity contribution in [3.8, 4) is 0 Å². The van der Waals surface area contributed by atoms with E-state index in [2.05, 4.69) is 10.3 Å². The molecule has 5 fully saturated rings. The molecule has 3 aliphatic carbocycles. The Kier molecular flexibility index (Phi) is 5.86. The van der Waals surface area contributed by atoms with Crippen molar-refractivity contribution in [2.75, 3.05) is 0 Å². The molecule has 5 rings (SSSR count). The lowest BCUT2D eigenvalue weighted by Crippen LogP contribution is -3.00. The van der Waals surface area contributed by atoms with Crippen LogP contribution in [0, 0.1) is 17.8 Å². The second kappa shape index (κ2) is 7.68. The van der Waals surface area contributed by atoms with E-state index in [1.54, 1.807) is 0 Å². The molecule has 22 heavy (non-hydrogen) atoms. The molecule has 2 saturated heterocycles. The average molecular weight is 369 g/mol. The fourth-order valence-corrected chi connectivity index (χ4v) is 5.58. The molecule has 126 valence electrons. The summed E-state index contributed by atoms with van der Waals surface area (Å²) in [5.41, 5.74) is 0. The third-order valence-corrected chi connectivity index (χ3v) is 6.86. The highest BCUT2D eigenvalue weighted by Crippen LogP contribution is 2.35. The number of nitrogens with one attached hydrogen (secondary N) is 2. The Morgan fingerprint density at radius 1 is 0.818 bits per heavy atom. The van der Waals surface area contributed by atoms with Crippen LogP contribution in [-0.2, 0) is 0 Å². The number of piperidine rings is 2. The highest BCUT2D eigenvalue weighted by atomic mass is 79.9. The summed E-state index contributed by atoms with van der Waals surface area (Å²) in [6, 6.07) is 1.57. The number of rotatable bonds is 3. The number of hydrogen-bond acceptors (Lipinski definition) is 0. The molecule has 0 amide bonds. The summed E-state index contributed by atoms with van der Waals surface area (Å²) in [7, 11) is 0. The Hall–Kier alpha value is -0.0500. The summed E-state index contributed by atoms with van der Waals surface area (Å²) >= 11 is 0. The Morgan fingerprint density at radius 3 is 2.27 bits per heavy atom. The van der Waals surface area contributed by atoms with Crippen LogP contribution in [0.25, 0.3) is 0 Å². The molecule has 2 nitrogen and oxygen atoms in total. The zero-order chi connectivity index (χ0) is 14.1. The van der Waals surface area contributed by atoms with Crippen molar-refractivity contribution >= 4 is 5.84 Å². The van der Waals surface area contributed by atoms with Gasteiger partial charge in [-0.25, -0.2) is 0 Å². The molecule has 5 aliphatic rings. The molecule has 0 radical (unpaired) electrons. The van der Waals surface area contributed by atoms with Crippen molar-refractivity contribution < 1.29 is 22.0 Å². The minimum atomic E-state index is 0. The van der Waals surface area contributed by atoms with Crippen molar-refractivity contribution in [1.29, 1.82) is 0 Å². The van der Waals surface area contributed by atoms with Gasteiger partial charge in [0.1, 0.15) is 0 Å². The van der Waals surface area contributed by atoms with Gasteiger partial charge in [0.15, 0.2) is 0 Å². The zero-order valence-electron chi connectivity index (χ0n) is 14.0. The smallest absolute Gasteiger partial charge is 0.246 e. The van der Waals surface area contributed by atoms with Gasteiger partial charge >= 0.3 is 0 Å². The van der Waals surface area contributed by atoms with Gasteiger partial charge in [0.25, 0.3) is 0 Å². The van der Waals surface area contributed by atoms with Crippen LogP contribution in [-0.4, -0.2) is 17.9 Å². The average Bonchev–Trinajstić information content (AvgIpc) is 2.96. The van der Waals surface area contributed by atoms with Gasteiger partial charge in [-0.3, -0.25) is 10.3 Å². The molecular formula is C19H33BrN2. The molecule has 0 aromatic rings.